The number of hydrogen-bond donors (Lipinski definition) is 2. The third kappa shape index (κ3) is 2.11. The first-order chi connectivity index (χ1) is 5.05. The summed E-state index contributed by atoms with van der Waals surface area (Å²) in [7, 11) is -4.00. The summed E-state index contributed by atoms with van der Waals surface area (Å²) < 4.78 is 29.3. The van der Waals surface area contributed by atoms with Crippen molar-refractivity contribution in [3.05, 3.63) is 0 Å². The Morgan fingerprint density at radius 3 is 2.64 bits per heavy atom. The minimum absolute atomic E-state index is 0.367. The minimum atomic E-state index is -4.00. The molecule has 0 unspecified atom stereocenters. The van der Waals surface area contributed by atoms with Crippen LogP contribution in [0.2, 0.25) is 0 Å². The molecule has 0 amide bonds. The predicted octanol–water partition coefficient (Wildman–Crippen LogP) is -2.00. The molecule has 1 fully saturated rings. The topological polar surface area (TPSA) is 93.1 Å². The molecular weight excluding hydrogens is 176 g/mol. The van der Waals surface area contributed by atoms with Gasteiger partial charge in [-0.2, -0.15) is 8.42 Å². The highest BCUT2D eigenvalue weighted by molar-refractivity contribution is 7.81. The van der Waals surface area contributed by atoms with Crippen molar-refractivity contribution < 1.29 is 27.0 Å². The van der Waals surface area contributed by atoms with Crippen LogP contribution in [0.3, 0.4) is 0 Å². The molecule has 11 heavy (non-hydrogen) atoms. The van der Waals surface area contributed by atoms with Crippen LogP contribution >= 0.6 is 0 Å². The van der Waals surface area contributed by atoms with Crippen LogP contribution < -0.4 is 0 Å². The molecule has 0 spiro atoms. The zero-order chi connectivity index (χ0) is 8.48. The largest absolute Gasteiger partial charge is 0.400 e. The Morgan fingerprint density at radius 2 is 2.18 bits per heavy atom. The molecule has 2 atom stereocenters. The van der Waals surface area contributed by atoms with Gasteiger partial charge in [0.1, 0.15) is 12.2 Å². The Bertz CT molecular complexity index is 221. The first-order valence-electron chi connectivity index (χ1n) is 2.92. The molecule has 2 N–H and O–H groups in total. The monoisotopic (exact) mass is 184 g/mol. The number of rotatable bonds is 1. The molecule has 7 heteroatoms. The summed E-state index contributed by atoms with van der Waals surface area (Å²) in [6, 6.07) is 0. The standard InChI is InChI=1S/C4H8O6S/c5-1-4-3(6)2-9-11(7,8)10-4/h3-6H,1-2H2/t3-,4-/m1/s1. The molecule has 1 saturated heterocycles. The van der Waals surface area contributed by atoms with Crippen LogP contribution in [0.4, 0.5) is 0 Å². The van der Waals surface area contributed by atoms with Crippen LogP contribution in [-0.2, 0) is 18.8 Å². The van der Waals surface area contributed by atoms with Crippen molar-refractivity contribution in [3.63, 3.8) is 0 Å². The summed E-state index contributed by atoms with van der Waals surface area (Å²) in [5, 5.41) is 17.4. The fraction of sp³-hybridized carbons (Fsp3) is 1.00. The van der Waals surface area contributed by atoms with Gasteiger partial charge >= 0.3 is 10.4 Å². The summed E-state index contributed by atoms with van der Waals surface area (Å²) in [5.74, 6) is 0. The molecular formula is C4H8O6S. The van der Waals surface area contributed by atoms with Gasteiger partial charge in [-0.25, -0.2) is 8.37 Å². The van der Waals surface area contributed by atoms with Gasteiger partial charge in [-0.1, -0.05) is 0 Å². The SMILES string of the molecule is O=S1(=O)OC[C@@H](O)[C@@H](CO)O1. The second-order valence-electron chi connectivity index (χ2n) is 2.08. The fourth-order valence-corrected chi connectivity index (χ4v) is 1.51. The number of hydrogen-bond acceptors (Lipinski definition) is 6. The van der Waals surface area contributed by atoms with E-state index < -0.39 is 29.2 Å². The lowest BCUT2D eigenvalue weighted by molar-refractivity contribution is -0.0536. The van der Waals surface area contributed by atoms with Crippen molar-refractivity contribution in [1.82, 2.24) is 0 Å². The van der Waals surface area contributed by atoms with Crippen LogP contribution in [0.25, 0.3) is 0 Å². The maximum atomic E-state index is 10.5. The lowest BCUT2D eigenvalue weighted by atomic mass is 10.2. The highest BCUT2D eigenvalue weighted by atomic mass is 32.3. The number of aliphatic hydroxyl groups excluding tert-OH is 2. The fourth-order valence-electron chi connectivity index (χ4n) is 0.656. The predicted molar refractivity (Wildman–Crippen MR) is 32.8 cm³/mol. The minimum Gasteiger partial charge on any atom is -0.394 e. The first-order valence-corrected chi connectivity index (χ1v) is 4.25. The zero-order valence-corrected chi connectivity index (χ0v) is 6.32. The van der Waals surface area contributed by atoms with Crippen molar-refractivity contribution >= 4 is 10.4 Å². The highest BCUT2D eigenvalue weighted by Crippen LogP contribution is 2.13. The molecule has 0 radical (unpaired) electrons. The van der Waals surface area contributed by atoms with E-state index in [-0.39, 0.29) is 6.61 Å². The van der Waals surface area contributed by atoms with Crippen molar-refractivity contribution in [2.24, 2.45) is 0 Å². The maximum absolute atomic E-state index is 10.5. The smallest absolute Gasteiger partial charge is 0.394 e. The molecule has 1 aliphatic rings. The van der Waals surface area contributed by atoms with E-state index in [1.807, 2.05) is 0 Å². The van der Waals surface area contributed by atoms with Crippen LogP contribution in [0, 0.1) is 0 Å². The summed E-state index contributed by atoms with van der Waals surface area (Å²) >= 11 is 0. The molecule has 0 bridgehead atoms. The Hall–Kier alpha value is -0.210. The van der Waals surface area contributed by atoms with Gasteiger partial charge in [-0.15, -0.1) is 0 Å². The van der Waals surface area contributed by atoms with E-state index in [4.69, 9.17) is 10.2 Å². The van der Waals surface area contributed by atoms with Gasteiger partial charge in [0.25, 0.3) is 0 Å². The summed E-state index contributed by atoms with van der Waals surface area (Å²) in [4.78, 5) is 0. The van der Waals surface area contributed by atoms with E-state index in [2.05, 4.69) is 8.37 Å². The highest BCUT2D eigenvalue weighted by Gasteiger charge is 2.33. The molecule has 0 aromatic heterocycles. The zero-order valence-electron chi connectivity index (χ0n) is 5.50. The van der Waals surface area contributed by atoms with Crippen LogP contribution in [0.1, 0.15) is 0 Å². The third-order valence-corrected chi connectivity index (χ3v) is 2.14. The quantitative estimate of drug-likeness (QED) is 0.489. The van der Waals surface area contributed by atoms with E-state index >= 15 is 0 Å². The normalized spacial score (nSPS) is 36.9. The molecule has 0 aromatic rings. The lowest BCUT2D eigenvalue weighted by Crippen LogP contribution is -2.43. The Kier molecular flexibility index (Phi) is 2.45. The first kappa shape index (κ1) is 8.88. The van der Waals surface area contributed by atoms with Crippen LogP contribution in [-0.4, -0.2) is 44.1 Å². The average Bonchev–Trinajstić information content (AvgIpc) is 1.94. The van der Waals surface area contributed by atoms with Gasteiger partial charge in [0.2, 0.25) is 0 Å². The average molecular weight is 184 g/mol. The molecule has 0 aromatic carbocycles. The van der Waals surface area contributed by atoms with Crippen molar-refractivity contribution in [2.45, 2.75) is 12.2 Å². The van der Waals surface area contributed by atoms with E-state index in [0.717, 1.165) is 0 Å². The second kappa shape index (κ2) is 3.03. The molecule has 1 rings (SSSR count). The van der Waals surface area contributed by atoms with Crippen molar-refractivity contribution in [3.8, 4) is 0 Å². The Balaban J connectivity index is 2.66. The second-order valence-corrected chi connectivity index (χ2v) is 3.32. The third-order valence-electron chi connectivity index (χ3n) is 1.23. The van der Waals surface area contributed by atoms with Gasteiger partial charge in [-0.3, -0.25) is 0 Å². The van der Waals surface area contributed by atoms with Crippen LogP contribution in [0.5, 0.6) is 0 Å². The van der Waals surface area contributed by atoms with Gasteiger partial charge in [0.15, 0.2) is 0 Å². The molecule has 1 aliphatic heterocycles. The van der Waals surface area contributed by atoms with E-state index in [0.29, 0.717) is 0 Å². The number of aliphatic hydroxyl groups is 2. The molecule has 1 heterocycles. The van der Waals surface area contributed by atoms with Crippen molar-refractivity contribution in [2.75, 3.05) is 13.2 Å². The maximum Gasteiger partial charge on any atom is 0.400 e. The van der Waals surface area contributed by atoms with Gasteiger partial charge in [0, 0.05) is 0 Å². The lowest BCUT2D eigenvalue weighted by Gasteiger charge is -2.24. The molecule has 6 nitrogen and oxygen atoms in total. The summed E-state index contributed by atoms with van der Waals surface area (Å²) in [6.07, 6.45) is -2.20. The van der Waals surface area contributed by atoms with E-state index in [1.54, 1.807) is 0 Å². The van der Waals surface area contributed by atoms with E-state index in [1.165, 1.54) is 0 Å². The van der Waals surface area contributed by atoms with Gasteiger partial charge < -0.3 is 10.2 Å². The van der Waals surface area contributed by atoms with Gasteiger partial charge in [0.05, 0.1) is 13.2 Å². The molecule has 66 valence electrons. The summed E-state index contributed by atoms with van der Waals surface area (Å²) in [6.45, 7) is -0.919. The summed E-state index contributed by atoms with van der Waals surface area (Å²) in [5.41, 5.74) is 0. The Labute approximate surface area is 63.7 Å². The Morgan fingerprint density at radius 1 is 1.55 bits per heavy atom. The van der Waals surface area contributed by atoms with E-state index in [9.17, 15) is 8.42 Å². The molecule has 0 aliphatic carbocycles. The van der Waals surface area contributed by atoms with Crippen LogP contribution in [0.15, 0.2) is 0 Å². The molecule has 0 saturated carbocycles. The van der Waals surface area contributed by atoms with Crippen molar-refractivity contribution in [1.29, 1.82) is 0 Å². The van der Waals surface area contributed by atoms with Gasteiger partial charge in [-0.05, 0) is 0 Å².